The molecule has 0 spiro atoms. The van der Waals surface area contributed by atoms with Gasteiger partial charge in [-0.1, -0.05) is 31.4 Å². The SMILES string of the molecule is CCCCCc1cc(O)cc2c1C1CC(C)=CCC1C(C)(C)O2. The van der Waals surface area contributed by atoms with Crippen molar-refractivity contribution in [3.63, 3.8) is 0 Å². The lowest BCUT2D eigenvalue weighted by atomic mass is 9.66. The molecule has 0 aromatic heterocycles. The van der Waals surface area contributed by atoms with Crippen LogP contribution in [0.2, 0.25) is 0 Å². The van der Waals surface area contributed by atoms with Gasteiger partial charge in [0, 0.05) is 17.5 Å². The summed E-state index contributed by atoms with van der Waals surface area (Å²) in [6.45, 7) is 8.87. The van der Waals surface area contributed by atoms with Crippen molar-refractivity contribution < 1.29 is 9.84 Å². The molecule has 0 bridgehead atoms. The first-order valence-electron chi connectivity index (χ1n) is 9.12. The lowest BCUT2D eigenvalue weighted by Crippen LogP contribution is -2.45. The van der Waals surface area contributed by atoms with E-state index in [-0.39, 0.29) is 5.60 Å². The van der Waals surface area contributed by atoms with E-state index in [9.17, 15) is 5.11 Å². The summed E-state index contributed by atoms with van der Waals surface area (Å²) < 4.78 is 6.36. The van der Waals surface area contributed by atoms with E-state index < -0.39 is 0 Å². The van der Waals surface area contributed by atoms with E-state index in [1.54, 1.807) is 0 Å². The maximum absolute atomic E-state index is 10.2. The third-order valence-electron chi connectivity index (χ3n) is 5.65. The normalized spacial score (nSPS) is 25.1. The molecule has 2 nitrogen and oxygen atoms in total. The molecule has 2 unspecified atom stereocenters. The number of rotatable bonds is 4. The molecular weight excluding hydrogens is 284 g/mol. The van der Waals surface area contributed by atoms with Crippen molar-refractivity contribution in [2.24, 2.45) is 5.92 Å². The summed E-state index contributed by atoms with van der Waals surface area (Å²) in [4.78, 5) is 0. The van der Waals surface area contributed by atoms with E-state index in [0.717, 1.165) is 25.0 Å². The smallest absolute Gasteiger partial charge is 0.127 e. The maximum Gasteiger partial charge on any atom is 0.127 e. The molecule has 1 aromatic rings. The zero-order valence-electron chi connectivity index (χ0n) is 15.0. The van der Waals surface area contributed by atoms with Crippen molar-refractivity contribution in [3.05, 3.63) is 34.9 Å². The van der Waals surface area contributed by atoms with E-state index in [1.807, 2.05) is 12.1 Å². The van der Waals surface area contributed by atoms with Gasteiger partial charge in [-0.2, -0.15) is 0 Å². The van der Waals surface area contributed by atoms with Crippen LogP contribution in [0.1, 0.15) is 76.8 Å². The molecule has 23 heavy (non-hydrogen) atoms. The molecule has 126 valence electrons. The largest absolute Gasteiger partial charge is 0.508 e. The van der Waals surface area contributed by atoms with Crippen LogP contribution >= 0.6 is 0 Å². The molecule has 3 rings (SSSR count). The number of hydrogen-bond acceptors (Lipinski definition) is 2. The van der Waals surface area contributed by atoms with Gasteiger partial charge in [0.05, 0.1) is 0 Å². The average molecular weight is 314 g/mol. The Hall–Kier alpha value is -1.44. The predicted molar refractivity (Wildman–Crippen MR) is 95.3 cm³/mol. The van der Waals surface area contributed by atoms with E-state index in [1.165, 1.54) is 36.0 Å². The van der Waals surface area contributed by atoms with Gasteiger partial charge in [0.1, 0.15) is 17.1 Å². The Morgan fingerprint density at radius 1 is 1.26 bits per heavy atom. The Kier molecular flexibility index (Phi) is 4.44. The standard InChI is InChI=1S/C21H30O2/c1-5-6-7-8-15-12-16(22)13-19-20(15)17-11-14(2)9-10-18(17)21(3,4)23-19/h9,12-13,17-18,22H,5-8,10-11H2,1-4H3. The summed E-state index contributed by atoms with van der Waals surface area (Å²) >= 11 is 0. The van der Waals surface area contributed by atoms with Crippen LogP contribution in [0.3, 0.4) is 0 Å². The van der Waals surface area contributed by atoms with Gasteiger partial charge in [0.15, 0.2) is 0 Å². The van der Waals surface area contributed by atoms with Crippen LogP contribution < -0.4 is 4.74 Å². The number of hydrogen-bond donors (Lipinski definition) is 1. The number of aryl methyl sites for hydroxylation is 1. The highest BCUT2D eigenvalue weighted by atomic mass is 16.5. The molecule has 1 N–H and O–H groups in total. The number of fused-ring (bicyclic) bond motifs is 3. The van der Waals surface area contributed by atoms with E-state index in [2.05, 4.69) is 33.8 Å². The molecule has 1 heterocycles. The van der Waals surface area contributed by atoms with E-state index in [4.69, 9.17) is 4.74 Å². The molecule has 1 aliphatic heterocycles. The zero-order chi connectivity index (χ0) is 16.6. The lowest BCUT2D eigenvalue weighted by Gasteiger charge is -2.47. The lowest BCUT2D eigenvalue weighted by molar-refractivity contribution is 0.00796. The summed E-state index contributed by atoms with van der Waals surface area (Å²) in [5, 5.41) is 10.2. The average Bonchev–Trinajstić information content (AvgIpc) is 2.45. The first-order valence-corrected chi connectivity index (χ1v) is 9.12. The number of aromatic hydroxyl groups is 1. The highest BCUT2D eigenvalue weighted by molar-refractivity contribution is 5.51. The number of phenolic OH excluding ortho intramolecular Hbond substituents is 1. The fourth-order valence-electron chi connectivity index (χ4n) is 4.44. The molecule has 0 saturated heterocycles. The second-order valence-electron chi connectivity index (χ2n) is 7.88. The number of benzene rings is 1. The summed E-state index contributed by atoms with van der Waals surface area (Å²) in [5.74, 6) is 2.30. The van der Waals surface area contributed by atoms with Gasteiger partial charge in [0.2, 0.25) is 0 Å². The molecule has 0 radical (unpaired) electrons. The first-order chi connectivity index (χ1) is 10.9. The highest BCUT2D eigenvalue weighted by Gasteiger charge is 2.45. The van der Waals surface area contributed by atoms with Gasteiger partial charge >= 0.3 is 0 Å². The minimum atomic E-state index is -0.177. The first kappa shape index (κ1) is 16.4. The Morgan fingerprint density at radius 2 is 2.04 bits per heavy atom. The number of phenols is 1. The fraction of sp³-hybridized carbons (Fsp3) is 0.619. The van der Waals surface area contributed by atoms with Crippen LogP contribution in [0, 0.1) is 5.92 Å². The van der Waals surface area contributed by atoms with Crippen LogP contribution in [0.4, 0.5) is 0 Å². The van der Waals surface area contributed by atoms with Gasteiger partial charge in [-0.25, -0.2) is 0 Å². The highest BCUT2D eigenvalue weighted by Crippen LogP contribution is 2.53. The molecule has 0 amide bonds. The molecule has 0 fully saturated rings. The maximum atomic E-state index is 10.2. The van der Waals surface area contributed by atoms with Crippen LogP contribution in [-0.2, 0) is 6.42 Å². The second kappa shape index (κ2) is 6.22. The van der Waals surface area contributed by atoms with Crippen molar-refractivity contribution >= 4 is 0 Å². The van der Waals surface area contributed by atoms with Crippen molar-refractivity contribution in [2.75, 3.05) is 0 Å². The third-order valence-corrected chi connectivity index (χ3v) is 5.65. The van der Waals surface area contributed by atoms with Crippen LogP contribution in [0.15, 0.2) is 23.8 Å². The number of allylic oxidation sites excluding steroid dienone is 2. The third kappa shape index (κ3) is 3.13. The van der Waals surface area contributed by atoms with Crippen LogP contribution in [0.25, 0.3) is 0 Å². The molecule has 2 aliphatic rings. The van der Waals surface area contributed by atoms with Gasteiger partial charge in [0.25, 0.3) is 0 Å². The Balaban J connectivity index is 2.04. The molecule has 2 atom stereocenters. The molecule has 1 aromatic carbocycles. The topological polar surface area (TPSA) is 29.5 Å². The van der Waals surface area contributed by atoms with Crippen molar-refractivity contribution in [3.8, 4) is 11.5 Å². The summed E-state index contributed by atoms with van der Waals surface area (Å²) in [5.41, 5.74) is 3.98. The molecule has 2 heteroatoms. The Morgan fingerprint density at radius 3 is 2.78 bits per heavy atom. The van der Waals surface area contributed by atoms with E-state index >= 15 is 0 Å². The quantitative estimate of drug-likeness (QED) is 0.567. The van der Waals surface area contributed by atoms with Gasteiger partial charge in [-0.3, -0.25) is 0 Å². The van der Waals surface area contributed by atoms with Crippen LogP contribution in [-0.4, -0.2) is 10.7 Å². The van der Waals surface area contributed by atoms with Crippen molar-refractivity contribution in [1.29, 1.82) is 0 Å². The zero-order valence-corrected chi connectivity index (χ0v) is 15.0. The summed E-state index contributed by atoms with van der Waals surface area (Å²) in [6, 6.07) is 3.80. The van der Waals surface area contributed by atoms with Crippen molar-refractivity contribution in [1.82, 2.24) is 0 Å². The van der Waals surface area contributed by atoms with Gasteiger partial charge < -0.3 is 9.84 Å². The summed E-state index contributed by atoms with van der Waals surface area (Å²) in [7, 11) is 0. The van der Waals surface area contributed by atoms with Crippen LogP contribution in [0.5, 0.6) is 11.5 Å². The molecule has 0 saturated carbocycles. The van der Waals surface area contributed by atoms with Crippen molar-refractivity contribution in [2.45, 2.75) is 77.7 Å². The monoisotopic (exact) mass is 314 g/mol. The minimum absolute atomic E-state index is 0.177. The van der Waals surface area contributed by atoms with Gasteiger partial charge in [-0.05, 0) is 64.0 Å². The Labute approximate surface area is 140 Å². The predicted octanol–water partition coefficient (Wildman–Crippen LogP) is 5.74. The summed E-state index contributed by atoms with van der Waals surface area (Å²) in [6.07, 6.45) is 9.28. The van der Waals surface area contributed by atoms with Gasteiger partial charge in [-0.15, -0.1) is 0 Å². The fourth-order valence-corrected chi connectivity index (χ4v) is 4.44. The number of ether oxygens (including phenoxy) is 1. The Bertz CT molecular complexity index is 613. The number of unbranched alkanes of at least 4 members (excludes halogenated alkanes) is 2. The molecular formula is C21H30O2. The minimum Gasteiger partial charge on any atom is -0.508 e. The second-order valence-corrected chi connectivity index (χ2v) is 7.88. The van der Waals surface area contributed by atoms with E-state index in [0.29, 0.717) is 17.6 Å². The molecule has 1 aliphatic carbocycles.